The molecule has 6 aliphatic rings. The van der Waals surface area contributed by atoms with Gasteiger partial charge in [-0.3, -0.25) is 0 Å². The van der Waals surface area contributed by atoms with Crippen LogP contribution in [0.3, 0.4) is 0 Å². The zero-order valence-corrected chi connectivity index (χ0v) is 21.8. The van der Waals surface area contributed by atoms with E-state index in [1.807, 2.05) is 4.90 Å². The fraction of sp³-hybridized carbons (Fsp3) is 0.889. The highest BCUT2D eigenvalue weighted by molar-refractivity contribution is 5.69. The Balaban J connectivity index is 0.998. The second-order valence-corrected chi connectivity index (χ2v) is 12.6. The zero-order chi connectivity index (χ0) is 24.4. The Hall–Kier alpha value is -1.19. The van der Waals surface area contributed by atoms with E-state index in [0.29, 0.717) is 11.3 Å². The van der Waals surface area contributed by atoms with E-state index in [0.717, 1.165) is 65.1 Å². The lowest BCUT2D eigenvalue weighted by Gasteiger charge is -2.55. The standard InChI is InChI=1S/C27H42N2O6/c1-18(2)5-6-21-25(3,35-21)23-22(31-4)20(7-9-27(23)17-33-27)34-24(30)29-11-19(12-29)8-10-28-13-26(14-28)15-32-16-26/h5,19-23H,6-17H2,1-4H3/t20-,21-,22-,23-,25+,27+/m1/s1. The fourth-order valence-corrected chi connectivity index (χ4v) is 7.17. The summed E-state index contributed by atoms with van der Waals surface area (Å²) in [6.07, 6.45) is 5.41. The second-order valence-electron chi connectivity index (χ2n) is 12.6. The first-order chi connectivity index (χ1) is 16.8. The summed E-state index contributed by atoms with van der Waals surface area (Å²) in [5, 5.41) is 0. The highest BCUT2D eigenvalue weighted by Gasteiger charge is 2.72. The van der Waals surface area contributed by atoms with Crippen molar-refractivity contribution in [2.24, 2.45) is 17.3 Å². The Labute approximate surface area is 209 Å². The molecule has 8 nitrogen and oxygen atoms in total. The molecule has 6 rings (SSSR count). The molecule has 35 heavy (non-hydrogen) atoms. The Morgan fingerprint density at radius 2 is 1.91 bits per heavy atom. The van der Waals surface area contributed by atoms with E-state index < -0.39 is 0 Å². The summed E-state index contributed by atoms with van der Waals surface area (Å²) in [6, 6.07) is 0. The van der Waals surface area contributed by atoms with E-state index in [1.165, 1.54) is 18.7 Å². The van der Waals surface area contributed by atoms with Gasteiger partial charge in [0.25, 0.3) is 0 Å². The number of allylic oxidation sites excluding steroid dienone is 1. The van der Waals surface area contributed by atoms with E-state index in [2.05, 4.69) is 31.7 Å². The molecule has 0 aromatic carbocycles. The summed E-state index contributed by atoms with van der Waals surface area (Å²) in [5.41, 5.74) is 1.27. The smallest absolute Gasteiger partial charge is 0.410 e. The summed E-state index contributed by atoms with van der Waals surface area (Å²) >= 11 is 0. The molecule has 5 saturated heterocycles. The molecule has 1 amide bonds. The third-order valence-electron chi connectivity index (χ3n) is 9.49. The highest BCUT2D eigenvalue weighted by atomic mass is 16.6. The first-order valence-electron chi connectivity index (χ1n) is 13.5. The SMILES string of the molecule is CO[C@@H]1[C@H](OC(=O)N2CC(CCN3CC4(COC4)C3)C2)CC[C@]2(CO2)[C@H]1[C@@]1(C)O[C@@H]1CC=C(C)C. The average molecular weight is 491 g/mol. The number of carbonyl (C=O) groups excluding carboxylic acids is 1. The number of epoxide rings is 2. The predicted molar refractivity (Wildman–Crippen MR) is 129 cm³/mol. The Morgan fingerprint density at radius 1 is 1.17 bits per heavy atom. The number of likely N-dealkylation sites (tertiary alicyclic amines) is 2. The molecule has 0 aromatic rings. The van der Waals surface area contributed by atoms with Crippen LogP contribution >= 0.6 is 0 Å². The molecule has 6 fully saturated rings. The summed E-state index contributed by atoms with van der Waals surface area (Å²) in [6.45, 7) is 14.1. The number of rotatable bonds is 8. The van der Waals surface area contributed by atoms with E-state index >= 15 is 0 Å². The number of hydrogen-bond acceptors (Lipinski definition) is 7. The first kappa shape index (κ1) is 24.2. The van der Waals surface area contributed by atoms with E-state index in [4.69, 9.17) is 23.7 Å². The maximum atomic E-state index is 13.0. The molecular formula is C27H42N2O6. The van der Waals surface area contributed by atoms with Crippen LogP contribution in [0, 0.1) is 17.3 Å². The number of methoxy groups -OCH3 is 1. The normalized spacial score (nSPS) is 41.7. The van der Waals surface area contributed by atoms with Gasteiger partial charge in [-0.05, 0) is 58.9 Å². The van der Waals surface area contributed by atoms with Crippen molar-refractivity contribution in [1.82, 2.24) is 9.80 Å². The maximum Gasteiger partial charge on any atom is 0.410 e. The third-order valence-corrected chi connectivity index (χ3v) is 9.49. The van der Waals surface area contributed by atoms with Crippen molar-refractivity contribution < 1.29 is 28.5 Å². The van der Waals surface area contributed by atoms with Crippen LogP contribution in [0.25, 0.3) is 0 Å². The van der Waals surface area contributed by atoms with Crippen LogP contribution in [0.1, 0.15) is 46.5 Å². The predicted octanol–water partition coefficient (Wildman–Crippen LogP) is 2.85. The summed E-state index contributed by atoms with van der Waals surface area (Å²) in [5.74, 6) is 0.638. The molecule has 0 bridgehead atoms. The Morgan fingerprint density at radius 3 is 2.51 bits per heavy atom. The molecule has 0 aromatic heterocycles. The minimum Gasteiger partial charge on any atom is -0.443 e. The van der Waals surface area contributed by atoms with E-state index in [1.54, 1.807) is 7.11 Å². The first-order valence-corrected chi connectivity index (χ1v) is 13.5. The number of carbonyl (C=O) groups is 1. The molecule has 5 heterocycles. The molecule has 8 heteroatoms. The van der Waals surface area contributed by atoms with Crippen LogP contribution in [-0.2, 0) is 23.7 Å². The molecule has 0 N–H and O–H groups in total. The third kappa shape index (κ3) is 4.33. The lowest BCUT2D eigenvalue weighted by atomic mass is 9.68. The number of nitrogens with zero attached hydrogens (tertiary/aromatic N) is 2. The maximum absolute atomic E-state index is 13.0. The van der Waals surface area contributed by atoms with Gasteiger partial charge in [0.05, 0.1) is 31.8 Å². The lowest BCUT2D eigenvalue weighted by Crippen LogP contribution is -2.66. The lowest BCUT2D eigenvalue weighted by molar-refractivity contribution is -0.189. The quantitative estimate of drug-likeness (QED) is 0.383. The van der Waals surface area contributed by atoms with Crippen LogP contribution in [0.15, 0.2) is 11.6 Å². The van der Waals surface area contributed by atoms with Gasteiger partial charge >= 0.3 is 6.09 Å². The summed E-state index contributed by atoms with van der Waals surface area (Å²) in [4.78, 5) is 17.4. The van der Waals surface area contributed by atoms with Crippen molar-refractivity contribution in [1.29, 1.82) is 0 Å². The summed E-state index contributed by atoms with van der Waals surface area (Å²) < 4.78 is 29.7. The largest absolute Gasteiger partial charge is 0.443 e. The molecule has 1 saturated carbocycles. The zero-order valence-electron chi connectivity index (χ0n) is 21.8. The van der Waals surface area contributed by atoms with Crippen LogP contribution in [0.5, 0.6) is 0 Å². The molecule has 0 unspecified atom stereocenters. The minimum absolute atomic E-state index is 0.0622. The summed E-state index contributed by atoms with van der Waals surface area (Å²) in [7, 11) is 1.73. The molecule has 1 aliphatic carbocycles. The van der Waals surface area contributed by atoms with Crippen molar-refractivity contribution in [2.45, 2.75) is 76.0 Å². The van der Waals surface area contributed by atoms with Gasteiger partial charge in [-0.1, -0.05) is 11.6 Å². The van der Waals surface area contributed by atoms with Crippen molar-refractivity contribution in [2.75, 3.05) is 59.7 Å². The molecule has 196 valence electrons. The van der Waals surface area contributed by atoms with Crippen molar-refractivity contribution >= 4 is 6.09 Å². The van der Waals surface area contributed by atoms with Crippen LogP contribution in [-0.4, -0.2) is 105 Å². The van der Waals surface area contributed by atoms with Gasteiger partial charge in [-0.25, -0.2) is 4.79 Å². The van der Waals surface area contributed by atoms with Gasteiger partial charge in [0.1, 0.15) is 23.4 Å². The van der Waals surface area contributed by atoms with Gasteiger partial charge in [0, 0.05) is 38.7 Å². The van der Waals surface area contributed by atoms with Crippen molar-refractivity contribution in [3.63, 3.8) is 0 Å². The molecule has 0 radical (unpaired) electrons. The van der Waals surface area contributed by atoms with Gasteiger partial charge in [0.2, 0.25) is 0 Å². The highest BCUT2D eigenvalue weighted by Crippen LogP contribution is 2.59. The average Bonchev–Trinajstić information content (AvgIpc) is 3.64. The number of hydrogen-bond donors (Lipinski definition) is 0. The van der Waals surface area contributed by atoms with Gasteiger partial charge in [0.15, 0.2) is 0 Å². The molecular weight excluding hydrogens is 448 g/mol. The van der Waals surface area contributed by atoms with Crippen molar-refractivity contribution in [3.8, 4) is 0 Å². The van der Waals surface area contributed by atoms with Gasteiger partial charge in [-0.2, -0.15) is 0 Å². The van der Waals surface area contributed by atoms with E-state index in [9.17, 15) is 4.79 Å². The van der Waals surface area contributed by atoms with Crippen LogP contribution in [0.4, 0.5) is 4.79 Å². The minimum atomic E-state index is -0.308. The molecule has 5 aliphatic heterocycles. The van der Waals surface area contributed by atoms with E-state index in [-0.39, 0.29) is 41.5 Å². The van der Waals surface area contributed by atoms with Gasteiger partial charge < -0.3 is 33.5 Å². The van der Waals surface area contributed by atoms with Crippen LogP contribution in [0.2, 0.25) is 0 Å². The van der Waals surface area contributed by atoms with Crippen molar-refractivity contribution in [3.05, 3.63) is 11.6 Å². The number of amides is 1. The van der Waals surface area contributed by atoms with Crippen LogP contribution < -0.4 is 0 Å². The Kier molecular flexibility index (Phi) is 6.00. The monoisotopic (exact) mass is 490 g/mol. The number of ether oxygens (including phenoxy) is 5. The molecule has 2 spiro atoms. The molecule has 6 atom stereocenters. The fourth-order valence-electron chi connectivity index (χ4n) is 7.17. The van der Waals surface area contributed by atoms with Gasteiger partial charge in [-0.15, -0.1) is 0 Å². The topological polar surface area (TPSA) is 76.3 Å². The second kappa shape index (κ2) is 8.69. The Bertz CT molecular complexity index is 852.